The maximum absolute atomic E-state index is 14.2. The number of rotatable bonds is 4. The van der Waals surface area contributed by atoms with E-state index in [0.717, 1.165) is 0 Å². The molecule has 0 aliphatic carbocycles. The molecule has 0 spiro atoms. The van der Waals surface area contributed by atoms with Crippen LogP contribution in [0.2, 0.25) is 0 Å². The van der Waals surface area contributed by atoms with Gasteiger partial charge in [0.25, 0.3) is 0 Å². The van der Waals surface area contributed by atoms with Crippen LogP contribution in [0.3, 0.4) is 0 Å². The highest BCUT2D eigenvalue weighted by molar-refractivity contribution is 5.85. The summed E-state index contributed by atoms with van der Waals surface area (Å²) < 4.78 is 120. The van der Waals surface area contributed by atoms with Crippen LogP contribution in [0.25, 0.3) is 0 Å². The molecule has 2 atom stereocenters. The molecule has 10 heteroatoms. The van der Waals surface area contributed by atoms with Gasteiger partial charge in [-0.3, -0.25) is 4.79 Å². The first kappa shape index (κ1) is 11.5. The summed E-state index contributed by atoms with van der Waals surface area (Å²) in [5.41, 5.74) is 0.935. The van der Waals surface area contributed by atoms with Crippen LogP contribution in [0.5, 0.6) is 5.75 Å². The van der Waals surface area contributed by atoms with Crippen LogP contribution >= 0.6 is 0 Å². The first-order valence-electron chi connectivity index (χ1n) is 9.37. The number of halogens is 5. The van der Waals surface area contributed by atoms with E-state index in [9.17, 15) is 26.7 Å². The molecule has 1 aromatic rings. The number of amides is 1. The molecule has 0 saturated carbocycles. The molecule has 1 aliphatic heterocycles. The standard InChI is InChI=1S/C14H15F5N2O3/c1-23-11-8(4-3-7(15)10(11)16)21-6-13(24-2,14(17,18)19)5-9(21)12(20)22/h3-4,9H,5-6H2,1-2H3,(H2,20,22)/i1D3,2D3. The second-order valence-electron chi connectivity index (χ2n) is 5.16. The summed E-state index contributed by atoms with van der Waals surface area (Å²) >= 11 is 0. The topological polar surface area (TPSA) is 64.8 Å². The Hall–Kier alpha value is -2.10. The van der Waals surface area contributed by atoms with E-state index in [0.29, 0.717) is 17.0 Å². The quantitative estimate of drug-likeness (QED) is 0.834. The monoisotopic (exact) mass is 360 g/mol. The molecule has 2 unspecified atom stereocenters. The smallest absolute Gasteiger partial charge is 0.419 e. The molecule has 1 saturated heterocycles. The highest BCUT2D eigenvalue weighted by Gasteiger charge is 2.63. The summed E-state index contributed by atoms with van der Waals surface area (Å²) in [7, 11) is -6.87. The molecular formula is C14H15F5N2O3. The highest BCUT2D eigenvalue weighted by Crippen LogP contribution is 2.46. The first-order valence-corrected chi connectivity index (χ1v) is 6.37. The summed E-state index contributed by atoms with van der Waals surface area (Å²) in [5.74, 6) is -6.09. The molecule has 1 amide bonds. The van der Waals surface area contributed by atoms with Crippen molar-refractivity contribution in [2.45, 2.75) is 24.2 Å². The van der Waals surface area contributed by atoms with E-state index in [1.807, 2.05) is 0 Å². The van der Waals surface area contributed by atoms with E-state index in [1.54, 1.807) is 0 Å². The molecule has 0 aromatic heterocycles. The van der Waals surface area contributed by atoms with Crippen molar-refractivity contribution >= 4 is 11.6 Å². The van der Waals surface area contributed by atoms with E-state index < -0.39 is 73.8 Å². The Morgan fingerprint density at radius 3 is 2.67 bits per heavy atom. The minimum absolute atomic E-state index is 0.466. The van der Waals surface area contributed by atoms with Gasteiger partial charge in [-0.1, -0.05) is 0 Å². The zero-order chi connectivity index (χ0) is 23.3. The fourth-order valence-corrected chi connectivity index (χ4v) is 2.56. The van der Waals surface area contributed by atoms with E-state index in [1.165, 1.54) is 0 Å². The Morgan fingerprint density at radius 1 is 1.42 bits per heavy atom. The second kappa shape index (κ2) is 6.08. The van der Waals surface area contributed by atoms with E-state index in [2.05, 4.69) is 9.47 Å². The highest BCUT2D eigenvalue weighted by atomic mass is 19.4. The molecule has 5 nitrogen and oxygen atoms in total. The molecule has 1 aliphatic rings. The Balaban J connectivity index is 2.66. The van der Waals surface area contributed by atoms with Crippen molar-refractivity contribution in [2.24, 2.45) is 5.73 Å². The zero-order valence-electron chi connectivity index (χ0n) is 17.8. The van der Waals surface area contributed by atoms with Crippen molar-refractivity contribution in [3.63, 3.8) is 0 Å². The van der Waals surface area contributed by atoms with Gasteiger partial charge < -0.3 is 20.1 Å². The molecule has 1 fully saturated rings. The molecule has 2 rings (SSSR count). The number of ether oxygens (including phenoxy) is 2. The van der Waals surface area contributed by atoms with Gasteiger partial charge >= 0.3 is 6.18 Å². The van der Waals surface area contributed by atoms with Crippen LogP contribution in [0.4, 0.5) is 27.6 Å². The third-order valence-corrected chi connectivity index (χ3v) is 3.81. The summed E-state index contributed by atoms with van der Waals surface area (Å²) in [4.78, 5) is 12.3. The molecule has 1 aromatic carbocycles. The summed E-state index contributed by atoms with van der Waals surface area (Å²) in [6.45, 7) is -1.38. The fraction of sp³-hybridized carbons (Fsp3) is 0.500. The molecule has 2 N–H and O–H groups in total. The lowest BCUT2D eigenvalue weighted by Crippen LogP contribution is -2.49. The number of methoxy groups -OCH3 is 2. The van der Waals surface area contributed by atoms with Gasteiger partial charge in [0.2, 0.25) is 11.7 Å². The number of anilines is 1. The van der Waals surface area contributed by atoms with Gasteiger partial charge in [-0.25, -0.2) is 4.39 Å². The first-order chi connectivity index (χ1) is 13.4. The van der Waals surface area contributed by atoms with Crippen LogP contribution in [0.1, 0.15) is 14.6 Å². The Morgan fingerprint density at radius 2 is 2.12 bits per heavy atom. The lowest BCUT2D eigenvalue weighted by Gasteiger charge is -2.30. The zero-order valence-corrected chi connectivity index (χ0v) is 11.8. The van der Waals surface area contributed by atoms with Crippen molar-refractivity contribution in [1.82, 2.24) is 0 Å². The molecule has 1 heterocycles. The summed E-state index contributed by atoms with van der Waals surface area (Å²) in [6.07, 6.45) is -6.62. The number of carbonyl (C=O) groups is 1. The van der Waals surface area contributed by atoms with Crippen molar-refractivity contribution < 1.29 is 44.4 Å². The largest absolute Gasteiger partial charge is 0.491 e. The Labute approximate surface area is 142 Å². The summed E-state index contributed by atoms with van der Waals surface area (Å²) in [5, 5.41) is 0. The van der Waals surface area contributed by atoms with Gasteiger partial charge in [-0.15, -0.1) is 0 Å². The van der Waals surface area contributed by atoms with E-state index in [-0.39, 0.29) is 0 Å². The summed E-state index contributed by atoms with van der Waals surface area (Å²) in [6, 6.07) is -0.761. The van der Waals surface area contributed by atoms with Crippen molar-refractivity contribution in [1.29, 1.82) is 0 Å². The minimum atomic E-state index is -5.33. The number of carbonyl (C=O) groups excluding carboxylic acids is 1. The van der Waals surface area contributed by atoms with Gasteiger partial charge in [0.15, 0.2) is 17.2 Å². The van der Waals surface area contributed by atoms with Crippen LogP contribution in [0.15, 0.2) is 12.1 Å². The van der Waals surface area contributed by atoms with Crippen LogP contribution in [-0.2, 0) is 9.53 Å². The third kappa shape index (κ3) is 2.74. The van der Waals surface area contributed by atoms with Gasteiger partial charge in [-0.05, 0) is 12.1 Å². The number of hydrogen-bond donors (Lipinski definition) is 1. The SMILES string of the molecule is [2H]C([2H])([2H])Oc1c(N2CC(OC([2H])([2H])[2H])(C(F)(F)F)CC2C(N)=O)ccc(F)c1F. The number of alkyl halides is 3. The van der Waals surface area contributed by atoms with Gasteiger partial charge in [-0.2, -0.15) is 17.6 Å². The lowest BCUT2D eigenvalue weighted by atomic mass is 9.99. The number of primary amides is 1. The molecule has 134 valence electrons. The maximum atomic E-state index is 14.2. The average Bonchev–Trinajstić information content (AvgIpc) is 2.89. The van der Waals surface area contributed by atoms with Gasteiger partial charge in [0.1, 0.15) is 6.04 Å². The van der Waals surface area contributed by atoms with Crippen LogP contribution in [0, 0.1) is 11.6 Å². The van der Waals surface area contributed by atoms with Crippen LogP contribution in [-0.4, -0.2) is 44.3 Å². The predicted octanol–water partition coefficient (Wildman–Crippen LogP) is 1.98. The fourth-order valence-electron chi connectivity index (χ4n) is 2.56. The molecule has 24 heavy (non-hydrogen) atoms. The average molecular weight is 360 g/mol. The van der Waals surface area contributed by atoms with Gasteiger partial charge in [0.05, 0.1) is 27.5 Å². The number of nitrogens with zero attached hydrogens (tertiary/aromatic N) is 1. The Kier molecular flexibility index (Phi) is 2.90. The Bertz CT molecular complexity index is 832. The maximum Gasteiger partial charge on any atom is 0.419 e. The van der Waals surface area contributed by atoms with Crippen LogP contribution < -0.4 is 15.4 Å². The van der Waals surface area contributed by atoms with Gasteiger partial charge in [0, 0.05) is 13.5 Å². The molecular weight excluding hydrogens is 339 g/mol. The number of hydrogen-bond acceptors (Lipinski definition) is 4. The molecule has 0 radical (unpaired) electrons. The third-order valence-electron chi connectivity index (χ3n) is 3.81. The number of benzene rings is 1. The molecule has 0 bridgehead atoms. The van der Waals surface area contributed by atoms with Crippen molar-refractivity contribution in [3.8, 4) is 5.75 Å². The minimum Gasteiger partial charge on any atom is -0.491 e. The van der Waals surface area contributed by atoms with Crippen molar-refractivity contribution in [2.75, 3.05) is 25.5 Å². The van der Waals surface area contributed by atoms with E-state index in [4.69, 9.17) is 14.0 Å². The van der Waals surface area contributed by atoms with Crippen molar-refractivity contribution in [3.05, 3.63) is 23.8 Å². The predicted molar refractivity (Wildman–Crippen MR) is 73.7 cm³/mol. The lowest BCUT2D eigenvalue weighted by molar-refractivity contribution is -0.261. The number of nitrogens with two attached hydrogens (primary N) is 1. The van der Waals surface area contributed by atoms with E-state index >= 15 is 0 Å². The second-order valence-corrected chi connectivity index (χ2v) is 5.16. The normalized spacial score (nSPS) is 29.0.